The van der Waals surface area contributed by atoms with Crippen molar-refractivity contribution in [3.63, 3.8) is 0 Å². The van der Waals surface area contributed by atoms with E-state index in [4.69, 9.17) is 0 Å². The summed E-state index contributed by atoms with van der Waals surface area (Å²) in [6.07, 6.45) is 1.22. The Morgan fingerprint density at radius 2 is 1.22 bits per heavy atom. The van der Waals surface area contributed by atoms with Crippen LogP contribution in [0.15, 0.2) is 91.0 Å². The second-order valence-corrected chi connectivity index (χ2v) is 10.1. The highest BCUT2D eigenvalue weighted by Crippen LogP contribution is 2.37. The molecule has 1 N–H and O–H groups in total. The summed E-state index contributed by atoms with van der Waals surface area (Å²) in [7, 11) is 0. The number of carbonyl (C=O) groups excluding carboxylic acids is 2. The standard InChI is InChI=1S/C31H36N4O2/c1-25(26-11-5-2-6-12-26)32-29(36)31(27-13-7-3-8-14-27)17-19-34(20-18-31)30(37)35-23-21-33(22-24-35)28-15-9-4-10-16-28/h2-16,25H,17-24H2,1H3,(H,32,36). The van der Waals surface area contributed by atoms with Crippen LogP contribution in [0.1, 0.15) is 36.9 Å². The third-order valence-electron chi connectivity index (χ3n) is 7.97. The first-order valence-electron chi connectivity index (χ1n) is 13.3. The van der Waals surface area contributed by atoms with Crippen LogP contribution in [-0.4, -0.2) is 61.0 Å². The van der Waals surface area contributed by atoms with Gasteiger partial charge in [-0.15, -0.1) is 0 Å². The third kappa shape index (κ3) is 5.33. The second-order valence-electron chi connectivity index (χ2n) is 10.1. The zero-order chi connectivity index (χ0) is 25.7. The molecule has 2 fully saturated rings. The molecule has 0 spiro atoms. The minimum Gasteiger partial charge on any atom is -0.368 e. The summed E-state index contributed by atoms with van der Waals surface area (Å²) in [4.78, 5) is 33.5. The largest absolute Gasteiger partial charge is 0.368 e. The van der Waals surface area contributed by atoms with Crippen molar-refractivity contribution in [2.75, 3.05) is 44.2 Å². The van der Waals surface area contributed by atoms with Gasteiger partial charge in [-0.05, 0) is 43.0 Å². The normalized spacial score (nSPS) is 18.2. The number of anilines is 1. The lowest BCUT2D eigenvalue weighted by molar-refractivity contribution is -0.129. The van der Waals surface area contributed by atoms with E-state index in [0.717, 1.165) is 24.2 Å². The molecule has 1 atom stereocenters. The monoisotopic (exact) mass is 496 g/mol. The number of hydrogen-bond donors (Lipinski definition) is 1. The summed E-state index contributed by atoms with van der Waals surface area (Å²) in [5, 5.41) is 3.27. The number of rotatable bonds is 5. The van der Waals surface area contributed by atoms with Crippen LogP contribution >= 0.6 is 0 Å². The third-order valence-corrected chi connectivity index (χ3v) is 7.97. The molecular weight excluding hydrogens is 460 g/mol. The van der Waals surface area contributed by atoms with Gasteiger partial charge in [0.25, 0.3) is 0 Å². The average molecular weight is 497 g/mol. The van der Waals surface area contributed by atoms with Gasteiger partial charge in [0.1, 0.15) is 0 Å². The predicted octanol–water partition coefficient (Wildman–Crippen LogP) is 4.84. The zero-order valence-electron chi connectivity index (χ0n) is 21.6. The van der Waals surface area contributed by atoms with Crippen LogP contribution in [0.3, 0.4) is 0 Å². The first-order valence-corrected chi connectivity index (χ1v) is 13.3. The van der Waals surface area contributed by atoms with Crippen LogP contribution in [-0.2, 0) is 10.2 Å². The number of nitrogens with zero attached hydrogens (tertiary/aromatic N) is 3. The van der Waals surface area contributed by atoms with Crippen molar-refractivity contribution < 1.29 is 9.59 Å². The molecule has 192 valence electrons. The Hall–Kier alpha value is -3.80. The van der Waals surface area contributed by atoms with Crippen LogP contribution in [0.4, 0.5) is 10.5 Å². The van der Waals surface area contributed by atoms with Crippen molar-refractivity contribution in [2.45, 2.75) is 31.2 Å². The maximum atomic E-state index is 13.8. The van der Waals surface area contributed by atoms with Gasteiger partial charge < -0.3 is 20.0 Å². The summed E-state index contributed by atoms with van der Waals surface area (Å²) in [5.74, 6) is 0.0404. The smallest absolute Gasteiger partial charge is 0.320 e. The minimum atomic E-state index is -0.646. The lowest BCUT2D eigenvalue weighted by Gasteiger charge is -2.44. The maximum absolute atomic E-state index is 13.8. The molecule has 0 aliphatic carbocycles. The fraction of sp³-hybridized carbons (Fsp3) is 0.355. The first-order chi connectivity index (χ1) is 18.1. The lowest BCUT2D eigenvalue weighted by Crippen LogP contribution is -2.57. The van der Waals surface area contributed by atoms with Gasteiger partial charge in [0.05, 0.1) is 11.5 Å². The zero-order valence-corrected chi connectivity index (χ0v) is 21.6. The molecule has 3 aromatic carbocycles. The van der Waals surface area contributed by atoms with Gasteiger partial charge >= 0.3 is 6.03 Å². The molecule has 0 aromatic heterocycles. The number of piperazine rings is 1. The van der Waals surface area contributed by atoms with E-state index in [1.54, 1.807) is 0 Å². The van der Waals surface area contributed by atoms with Crippen LogP contribution < -0.4 is 10.2 Å². The van der Waals surface area contributed by atoms with Gasteiger partial charge in [-0.1, -0.05) is 78.9 Å². The average Bonchev–Trinajstić information content (AvgIpc) is 2.98. The number of urea groups is 1. The quantitative estimate of drug-likeness (QED) is 0.550. The Bertz CT molecular complexity index is 1170. The molecule has 2 aliphatic heterocycles. The Morgan fingerprint density at radius 1 is 0.703 bits per heavy atom. The summed E-state index contributed by atoms with van der Waals surface area (Å²) in [5.41, 5.74) is 2.67. The van der Waals surface area contributed by atoms with Crippen LogP contribution in [0.25, 0.3) is 0 Å². The number of benzene rings is 3. The second kappa shape index (κ2) is 11.1. The summed E-state index contributed by atoms with van der Waals surface area (Å²) in [6.45, 7) is 6.25. The molecule has 5 rings (SSSR count). The van der Waals surface area contributed by atoms with Crippen molar-refractivity contribution >= 4 is 17.6 Å². The molecule has 2 aliphatic rings. The molecule has 3 aromatic rings. The maximum Gasteiger partial charge on any atom is 0.320 e. The molecular formula is C31H36N4O2. The molecule has 1 unspecified atom stereocenters. The molecule has 0 radical (unpaired) electrons. The van der Waals surface area contributed by atoms with Gasteiger partial charge in [-0.3, -0.25) is 4.79 Å². The number of amides is 3. The van der Waals surface area contributed by atoms with E-state index in [2.05, 4.69) is 34.5 Å². The number of carbonyl (C=O) groups is 2. The Balaban J connectivity index is 1.24. The fourth-order valence-corrected chi connectivity index (χ4v) is 5.64. The van der Waals surface area contributed by atoms with E-state index >= 15 is 0 Å². The van der Waals surface area contributed by atoms with Crippen molar-refractivity contribution in [3.8, 4) is 0 Å². The molecule has 37 heavy (non-hydrogen) atoms. The van der Waals surface area contributed by atoms with Gasteiger partial charge in [0.2, 0.25) is 5.91 Å². The lowest BCUT2D eigenvalue weighted by atomic mass is 9.71. The topological polar surface area (TPSA) is 55.9 Å². The van der Waals surface area contributed by atoms with Crippen LogP contribution in [0.2, 0.25) is 0 Å². The minimum absolute atomic E-state index is 0.0404. The highest BCUT2D eigenvalue weighted by atomic mass is 16.2. The Morgan fingerprint density at radius 3 is 1.81 bits per heavy atom. The number of nitrogens with one attached hydrogen (secondary N) is 1. The SMILES string of the molecule is CC(NC(=O)C1(c2ccccc2)CCN(C(=O)N2CCN(c3ccccc3)CC2)CC1)c1ccccc1. The highest BCUT2D eigenvalue weighted by molar-refractivity contribution is 5.89. The highest BCUT2D eigenvalue weighted by Gasteiger charge is 2.44. The molecule has 0 bridgehead atoms. The molecule has 2 saturated heterocycles. The summed E-state index contributed by atoms with van der Waals surface area (Å²) < 4.78 is 0. The van der Waals surface area contributed by atoms with Crippen LogP contribution in [0.5, 0.6) is 0 Å². The van der Waals surface area contributed by atoms with Crippen molar-refractivity contribution in [2.24, 2.45) is 0 Å². The number of likely N-dealkylation sites (tertiary alicyclic amines) is 1. The number of hydrogen-bond acceptors (Lipinski definition) is 3. The van der Waals surface area contributed by atoms with Crippen molar-refractivity contribution in [1.82, 2.24) is 15.1 Å². The van der Waals surface area contributed by atoms with E-state index in [9.17, 15) is 9.59 Å². The number of piperidine rings is 1. The predicted molar refractivity (Wildman–Crippen MR) is 148 cm³/mol. The van der Waals surface area contributed by atoms with Gasteiger partial charge in [0, 0.05) is 45.0 Å². The van der Waals surface area contributed by atoms with Crippen molar-refractivity contribution in [1.29, 1.82) is 0 Å². The van der Waals surface area contributed by atoms with E-state index in [1.165, 1.54) is 5.69 Å². The van der Waals surface area contributed by atoms with Gasteiger partial charge in [-0.2, -0.15) is 0 Å². The fourth-order valence-electron chi connectivity index (χ4n) is 5.64. The molecule has 3 amide bonds. The summed E-state index contributed by atoms with van der Waals surface area (Å²) in [6, 6.07) is 30.5. The first kappa shape index (κ1) is 24.9. The molecule has 6 nitrogen and oxygen atoms in total. The van der Waals surface area contributed by atoms with E-state index in [-0.39, 0.29) is 18.0 Å². The molecule has 6 heteroatoms. The summed E-state index contributed by atoms with van der Waals surface area (Å²) >= 11 is 0. The Kier molecular flexibility index (Phi) is 7.45. The van der Waals surface area contributed by atoms with Crippen LogP contribution in [0, 0.1) is 0 Å². The molecule has 0 saturated carbocycles. The van der Waals surface area contributed by atoms with Gasteiger partial charge in [-0.25, -0.2) is 4.79 Å². The van der Waals surface area contributed by atoms with E-state index in [1.807, 2.05) is 83.5 Å². The Labute approximate surface area is 219 Å². The molecule has 2 heterocycles. The van der Waals surface area contributed by atoms with Crippen molar-refractivity contribution in [3.05, 3.63) is 102 Å². The van der Waals surface area contributed by atoms with E-state index in [0.29, 0.717) is 39.0 Å². The van der Waals surface area contributed by atoms with Gasteiger partial charge in [0.15, 0.2) is 0 Å². The number of para-hydroxylation sites is 1. The van der Waals surface area contributed by atoms with E-state index < -0.39 is 5.41 Å².